The summed E-state index contributed by atoms with van der Waals surface area (Å²) in [5.74, 6) is -0.377. The van der Waals surface area contributed by atoms with Crippen molar-refractivity contribution in [3.8, 4) is 0 Å². The van der Waals surface area contributed by atoms with Gasteiger partial charge in [-0.3, -0.25) is 0 Å². The zero-order chi connectivity index (χ0) is 8.48. The molecule has 1 aliphatic rings. The lowest BCUT2D eigenvalue weighted by atomic mass is 10.1. The third-order valence-electron chi connectivity index (χ3n) is 1.99. The lowest BCUT2D eigenvalue weighted by molar-refractivity contribution is -0.296. The first-order valence-corrected chi connectivity index (χ1v) is 4.39. The molecule has 11 heavy (non-hydrogen) atoms. The molecule has 0 radical (unpaired) electrons. The molecule has 0 aromatic carbocycles. The van der Waals surface area contributed by atoms with Crippen LogP contribution in [0.5, 0.6) is 0 Å². The van der Waals surface area contributed by atoms with Crippen molar-refractivity contribution in [2.45, 2.75) is 58.5 Å². The molecule has 2 atom stereocenters. The maximum Gasteiger partial charge on any atom is 0.163 e. The summed E-state index contributed by atoms with van der Waals surface area (Å²) in [7, 11) is 0. The molecule has 2 nitrogen and oxygen atoms in total. The van der Waals surface area contributed by atoms with Crippen molar-refractivity contribution in [1.82, 2.24) is 0 Å². The fraction of sp³-hybridized carbons (Fsp3) is 1.00. The van der Waals surface area contributed by atoms with Crippen LogP contribution < -0.4 is 0 Å². The molecular weight excluding hydrogens is 140 g/mol. The molecule has 1 heterocycles. The van der Waals surface area contributed by atoms with E-state index >= 15 is 0 Å². The lowest BCUT2D eigenvalue weighted by Crippen LogP contribution is -2.43. The Morgan fingerprint density at radius 2 is 2.00 bits per heavy atom. The van der Waals surface area contributed by atoms with Crippen molar-refractivity contribution in [2.75, 3.05) is 0 Å². The van der Waals surface area contributed by atoms with E-state index in [4.69, 9.17) is 9.47 Å². The van der Waals surface area contributed by atoms with Crippen LogP contribution in [-0.4, -0.2) is 18.0 Å². The van der Waals surface area contributed by atoms with Crippen molar-refractivity contribution >= 4 is 0 Å². The van der Waals surface area contributed by atoms with Crippen molar-refractivity contribution in [2.24, 2.45) is 0 Å². The van der Waals surface area contributed by atoms with Gasteiger partial charge in [0, 0.05) is 0 Å². The number of hydrogen-bond donors (Lipinski definition) is 0. The topological polar surface area (TPSA) is 18.5 Å². The zero-order valence-electron chi connectivity index (χ0n) is 7.89. The van der Waals surface area contributed by atoms with Crippen LogP contribution in [0.4, 0.5) is 0 Å². The van der Waals surface area contributed by atoms with Gasteiger partial charge in [0.1, 0.15) is 0 Å². The molecule has 66 valence electrons. The summed E-state index contributed by atoms with van der Waals surface area (Å²) in [5.41, 5.74) is 0. The molecule has 2 heteroatoms. The molecule has 1 fully saturated rings. The van der Waals surface area contributed by atoms with Crippen LogP contribution in [0.1, 0.15) is 40.5 Å². The Balaban J connectivity index is 2.51. The third-order valence-corrected chi connectivity index (χ3v) is 1.99. The van der Waals surface area contributed by atoms with Crippen LogP contribution in [0.2, 0.25) is 0 Å². The smallest absolute Gasteiger partial charge is 0.163 e. The summed E-state index contributed by atoms with van der Waals surface area (Å²) in [4.78, 5) is 0. The number of rotatable bonds is 1. The van der Waals surface area contributed by atoms with E-state index in [1.54, 1.807) is 0 Å². The van der Waals surface area contributed by atoms with Gasteiger partial charge in [0.05, 0.1) is 12.2 Å². The fourth-order valence-electron chi connectivity index (χ4n) is 1.63. The number of hydrogen-bond acceptors (Lipinski definition) is 2. The normalized spacial score (nSPS) is 37.1. The second-order valence-electron chi connectivity index (χ2n) is 3.71. The van der Waals surface area contributed by atoms with Crippen molar-refractivity contribution in [3.63, 3.8) is 0 Å². The Bertz CT molecular complexity index is 132. The summed E-state index contributed by atoms with van der Waals surface area (Å²) >= 11 is 0. The second-order valence-corrected chi connectivity index (χ2v) is 3.71. The van der Waals surface area contributed by atoms with E-state index in [9.17, 15) is 0 Å². The summed E-state index contributed by atoms with van der Waals surface area (Å²) < 4.78 is 11.3. The molecule has 0 bridgehead atoms. The molecule has 0 saturated carbocycles. The highest BCUT2D eigenvalue weighted by Gasteiger charge is 2.32. The quantitative estimate of drug-likeness (QED) is 0.583. The standard InChI is InChI=1S/C9H18O2/c1-5-8-6-7(2)10-9(3,4)11-8/h7-8H,5-6H2,1-4H3/t7-,8-/m0/s1. The molecule has 0 amide bonds. The highest BCUT2D eigenvalue weighted by molar-refractivity contribution is 4.72. The molecule has 0 aromatic heterocycles. The molecule has 0 aromatic rings. The predicted molar refractivity (Wildman–Crippen MR) is 44.4 cm³/mol. The Morgan fingerprint density at radius 3 is 2.45 bits per heavy atom. The van der Waals surface area contributed by atoms with Gasteiger partial charge in [0.25, 0.3) is 0 Å². The van der Waals surface area contributed by atoms with E-state index in [-0.39, 0.29) is 5.79 Å². The monoisotopic (exact) mass is 158 g/mol. The summed E-state index contributed by atoms with van der Waals surface area (Å²) in [6.07, 6.45) is 2.83. The van der Waals surface area contributed by atoms with E-state index in [0.29, 0.717) is 12.2 Å². The minimum absolute atomic E-state index is 0.337. The third kappa shape index (κ3) is 2.46. The molecule has 0 N–H and O–H groups in total. The minimum atomic E-state index is -0.377. The fourth-order valence-corrected chi connectivity index (χ4v) is 1.63. The summed E-state index contributed by atoms with van der Waals surface area (Å²) in [5, 5.41) is 0. The lowest BCUT2D eigenvalue weighted by Gasteiger charge is -2.39. The average molecular weight is 158 g/mol. The van der Waals surface area contributed by atoms with E-state index in [2.05, 4.69) is 13.8 Å². The predicted octanol–water partition coefficient (Wildman–Crippen LogP) is 2.33. The molecule has 1 saturated heterocycles. The molecule has 0 unspecified atom stereocenters. The Labute approximate surface area is 68.9 Å². The van der Waals surface area contributed by atoms with E-state index in [0.717, 1.165) is 12.8 Å². The van der Waals surface area contributed by atoms with E-state index < -0.39 is 0 Å². The van der Waals surface area contributed by atoms with Crippen LogP contribution in [0.3, 0.4) is 0 Å². The SMILES string of the molecule is CC[C@H]1C[C@H](C)OC(C)(C)O1. The Hall–Kier alpha value is -0.0800. The van der Waals surface area contributed by atoms with Gasteiger partial charge < -0.3 is 9.47 Å². The van der Waals surface area contributed by atoms with Gasteiger partial charge in [-0.05, 0) is 33.6 Å². The van der Waals surface area contributed by atoms with Crippen LogP contribution in [0.25, 0.3) is 0 Å². The maximum atomic E-state index is 5.67. The van der Waals surface area contributed by atoms with Gasteiger partial charge in [0.15, 0.2) is 5.79 Å². The van der Waals surface area contributed by atoms with Gasteiger partial charge in [-0.1, -0.05) is 6.92 Å². The van der Waals surface area contributed by atoms with Crippen LogP contribution in [-0.2, 0) is 9.47 Å². The first-order valence-electron chi connectivity index (χ1n) is 4.39. The Morgan fingerprint density at radius 1 is 1.36 bits per heavy atom. The highest BCUT2D eigenvalue weighted by atomic mass is 16.7. The van der Waals surface area contributed by atoms with Crippen LogP contribution in [0.15, 0.2) is 0 Å². The van der Waals surface area contributed by atoms with Crippen molar-refractivity contribution in [3.05, 3.63) is 0 Å². The first kappa shape index (κ1) is 9.01. The van der Waals surface area contributed by atoms with Gasteiger partial charge in [-0.15, -0.1) is 0 Å². The van der Waals surface area contributed by atoms with Crippen molar-refractivity contribution < 1.29 is 9.47 Å². The highest BCUT2D eigenvalue weighted by Crippen LogP contribution is 2.27. The van der Waals surface area contributed by atoms with Crippen LogP contribution >= 0.6 is 0 Å². The molecule has 0 spiro atoms. The van der Waals surface area contributed by atoms with Gasteiger partial charge in [0.2, 0.25) is 0 Å². The zero-order valence-corrected chi connectivity index (χ0v) is 7.89. The molecule has 1 aliphatic heterocycles. The Kier molecular flexibility index (Phi) is 2.55. The number of ether oxygens (including phenoxy) is 2. The molecule has 1 rings (SSSR count). The average Bonchev–Trinajstić information content (AvgIpc) is 1.83. The van der Waals surface area contributed by atoms with Crippen LogP contribution in [0, 0.1) is 0 Å². The minimum Gasteiger partial charge on any atom is -0.347 e. The van der Waals surface area contributed by atoms with E-state index in [1.165, 1.54) is 0 Å². The van der Waals surface area contributed by atoms with Gasteiger partial charge in [-0.25, -0.2) is 0 Å². The van der Waals surface area contributed by atoms with Gasteiger partial charge in [-0.2, -0.15) is 0 Å². The summed E-state index contributed by atoms with van der Waals surface area (Å²) in [6.45, 7) is 8.21. The van der Waals surface area contributed by atoms with E-state index in [1.807, 2.05) is 13.8 Å². The molecular formula is C9H18O2. The maximum absolute atomic E-state index is 5.67. The second kappa shape index (κ2) is 3.11. The first-order chi connectivity index (χ1) is 5.03. The summed E-state index contributed by atoms with van der Waals surface area (Å²) in [6, 6.07) is 0. The van der Waals surface area contributed by atoms with Crippen molar-refractivity contribution in [1.29, 1.82) is 0 Å². The largest absolute Gasteiger partial charge is 0.347 e. The molecule has 0 aliphatic carbocycles. The van der Waals surface area contributed by atoms with Gasteiger partial charge >= 0.3 is 0 Å².